The third-order valence-electron chi connectivity index (χ3n) is 7.20. The summed E-state index contributed by atoms with van der Waals surface area (Å²) >= 11 is 0. The molecule has 214 valence electrons. The van der Waals surface area contributed by atoms with Crippen LogP contribution in [0.3, 0.4) is 0 Å². The molecule has 4 heterocycles. The fourth-order valence-electron chi connectivity index (χ4n) is 5.02. The van der Waals surface area contributed by atoms with Crippen molar-refractivity contribution in [3.05, 3.63) is 96.9 Å². The molecule has 42 heavy (non-hydrogen) atoms. The van der Waals surface area contributed by atoms with Gasteiger partial charge in [0.15, 0.2) is 0 Å². The molecular formula is C32H32FN7O2. The van der Waals surface area contributed by atoms with Gasteiger partial charge in [-0.2, -0.15) is 0 Å². The highest BCUT2D eigenvalue weighted by molar-refractivity contribution is 5.88. The molecule has 1 saturated heterocycles. The second kappa shape index (κ2) is 12.3. The van der Waals surface area contributed by atoms with Crippen LogP contribution < -0.4 is 20.3 Å². The van der Waals surface area contributed by atoms with Crippen LogP contribution in [0.25, 0.3) is 16.8 Å². The summed E-state index contributed by atoms with van der Waals surface area (Å²) in [5.41, 5.74) is 5.83. The van der Waals surface area contributed by atoms with Gasteiger partial charge in [-0.15, -0.1) is 0 Å². The number of aromatic nitrogens is 3. The molecule has 0 bridgehead atoms. The van der Waals surface area contributed by atoms with Crippen LogP contribution in [0.5, 0.6) is 5.75 Å². The molecule has 2 aliphatic heterocycles. The summed E-state index contributed by atoms with van der Waals surface area (Å²) in [5.74, 6) is 1.54. The van der Waals surface area contributed by atoms with E-state index in [4.69, 9.17) is 9.47 Å². The molecule has 2 N–H and O–H groups in total. The number of hydrogen-bond acceptors (Lipinski definition) is 9. The highest BCUT2D eigenvalue weighted by Crippen LogP contribution is 2.39. The van der Waals surface area contributed by atoms with E-state index in [2.05, 4.69) is 72.9 Å². The van der Waals surface area contributed by atoms with E-state index in [9.17, 15) is 4.39 Å². The Labute approximate surface area is 244 Å². The molecule has 2 aromatic carbocycles. The van der Waals surface area contributed by atoms with Crippen molar-refractivity contribution in [2.45, 2.75) is 0 Å². The maximum Gasteiger partial charge on any atom is 0.144 e. The lowest BCUT2D eigenvalue weighted by atomic mass is 9.99. The van der Waals surface area contributed by atoms with Crippen molar-refractivity contribution < 1.29 is 13.9 Å². The van der Waals surface area contributed by atoms with E-state index in [1.807, 2.05) is 12.1 Å². The second-order valence-electron chi connectivity index (χ2n) is 10.0. The number of rotatable bonds is 8. The quantitative estimate of drug-likeness (QED) is 0.273. The molecule has 0 unspecified atom stereocenters. The zero-order valence-electron chi connectivity index (χ0n) is 23.5. The van der Waals surface area contributed by atoms with Gasteiger partial charge in [-0.05, 0) is 48.2 Å². The second-order valence-corrected chi connectivity index (χ2v) is 10.0. The van der Waals surface area contributed by atoms with Gasteiger partial charge in [0.05, 0.1) is 31.7 Å². The van der Waals surface area contributed by atoms with Gasteiger partial charge < -0.3 is 29.9 Å². The Morgan fingerprint density at radius 3 is 2.50 bits per heavy atom. The first-order valence-corrected chi connectivity index (χ1v) is 13.8. The zero-order chi connectivity index (χ0) is 28.9. The summed E-state index contributed by atoms with van der Waals surface area (Å²) in [7, 11) is 3.72. The largest absolute Gasteiger partial charge is 0.494 e. The fraction of sp³-hybridized carbons (Fsp3) is 0.219. The topological polar surface area (TPSA) is 87.7 Å². The minimum Gasteiger partial charge on any atom is -0.494 e. The van der Waals surface area contributed by atoms with E-state index in [0.717, 1.165) is 47.8 Å². The van der Waals surface area contributed by atoms with E-state index in [1.165, 1.54) is 12.4 Å². The Morgan fingerprint density at radius 2 is 1.74 bits per heavy atom. The number of allylic oxidation sites excluding steroid dienone is 2. The molecule has 9 nitrogen and oxygen atoms in total. The zero-order valence-corrected chi connectivity index (χ0v) is 23.5. The van der Waals surface area contributed by atoms with Crippen LogP contribution in [0, 0.1) is 5.82 Å². The first-order chi connectivity index (χ1) is 20.6. The predicted octanol–water partition coefficient (Wildman–Crippen LogP) is 5.85. The molecule has 0 spiro atoms. The molecule has 0 amide bonds. The third kappa shape index (κ3) is 6.03. The average molecular weight is 566 g/mol. The van der Waals surface area contributed by atoms with Crippen molar-refractivity contribution in [2.24, 2.45) is 0 Å². The van der Waals surface area contributed by atoms with Crippen molar-refractivity contribution >= 4 is 34.3 Å². The predicted molar refractivity (Wildman–Crippen MR) is 164 cm³/mol. The van der Waals surface area contributed by atoms with E-state index in [-0.39, 0.29) is 5.82 Å². The number of benzene rings is 2. The molecule has 4 aromatic rings. The first-order valence-electron chi connectivity index (χ1n) is 13.8. The standard InChI is InChI=1S/C32H32FN7O2/c1-39-11-8-22(9-12-39)25-18-28(30(41-2)19-29(25)40-13-15-42-16-14-40)38-32-20-31(35-21-36-32)37-23-7-10-34-27(17-23)24-5-3-4-6-26(24)33/h3-11,17-21H,12-16H2,1-2H3,(H2,34,35,36,37,38). The van der Waals surface area contributed by atoms with Gasteiger partial charge in [-0.1, -0.05) is 18.2 Å². The Hall–Kier alpha value is -4.96. The summed E-state index contributed by atoms with van der Waals surface area (Å²) in [4.78, 5) is 17.6. The Morgan fingerprint density at radius 1 is 0.929 bits per heavy atom. The van der Waals surface area contributed by atoms with Crippen LogP contribution in [0.15, 0.2) is 85.5 Å². The smallest absolute Gasteiger partial charge is 0.144 e. The SMILES string of the molecule is COc1cc(N2CCOCC2)c(C2=CCN(C)C=C2)cc1Nc1cc(Nc2ccnc(-c3ccccc3F)c2)ncn1. The van der Waals surface area contributed by atoms with Gasteiger partial charge in [-0.3, -0.25) is 4.98 Å². The molecule has 0 atom stereocenters. The van der Waals surface area contributed by atoms with E-state index in [0.29, 0.717) is 41.9 Å². The van der Waals surface area contributed by atoms with Crippen LogP contribution in [0.1, 0.15) is 5.56 Å². The number of nitrogens with zero attached hydrogens (tertiary/aromatic N) is 5. The van der Waals surface area contributed by atoms with E-state index < -0.39 is 0 Å². The van der Waals surface area contributed by atoms with Gasteiger partial charge in [0.2, 0.25) is 0 Å². The molecule has 0 radical (unpaired) electrons. The van der Waals surface area contributed by atoms with Crippen LogP contribution in [-0.2, 0) is 4.74 Å². The van der Waals surface area contributed by atoms with E-state index >= 15 is 0 Å². The van der Waals surface area contributed by atoms with Crippen LogP contribution in [0.2, 0.25) is 0 Å². The lowest BCUT2D eigenvalue weighted by Crippen LogP contribution is -2.36. The van der Waals surface area contributed by atoms with Crippen molar-refractivity contribution in [1.82, 2.24) is 19.9 Å². The van der Waals surface area contributed by atoms with Gasteiger partial charge in [0.25, 0.3) is 0 Å². The van der Waals surface area contributed by atoms with Crippen molar-refractivity contribution in [3.8, 4) is 17.0 Å². The van der Waals surface area contributed by atoms with Crippen molar-refractivity contribution in [3.63, 3.8) is 0 Å². The average Bonchev–Trinajstić information content (AvgIpc) is 3.02. The minimum absolute atomic E-state index is 0.324. The molecule has 2 aromatic heterocycles. The summed E-state index contributed by atoms with van der Waals surface area (Å²) in [6, 6.07) is 16.2. The van der Waals surface area contributed by atoms with Crippen LogP contribution in [-0.4, -0.2) is 66.9 Å². The van der Waals surface area contributed by atoms with Crippen LogP contribution in [0.4, 0.5) is 33.1 Å². The molecular weight excluding hydrogens is 533 g/mol. The van der Waals surface area contributed by atoms with Gasteiger partial charge in [0, 0.05) is 67.5 Å². The number of halogens is 1. The van der Waals surface area contributed by atoms with Gasteiger partial charge >= 0.3 is 0 Å². The summed E-state index contributed by atoms with van der Waals surface area (Å²) in [6.07, 6.45) is 9.58. The minimum atomic E-state index is -0.324. The molecule has 10 heteroatoms. The lowest BCUT2D eigenvalue weighted by molar-refractivity contribution is 0.122. The first kappa shape index (κ1) is 27.2. The summed E-state index contributed by atoms with van der Waals surface area (Å²) in [6.45, 7) is 3.84. The number of anilines is 5. The maximum absolute atomic E-state index is 14.3. The monoisotopic (exact) mass is 565 g/mol. The molecule has 2 aliphatic rings. The number of methoxy groups -OCH3 is 1. The van der Waals surface area contributed by atoms with Gasteiger partial charge in [0.1, 0.15) is 29.5 Å². The van der Waals surface area contributed by atoms with Crippen LogP contribution >= 0.6 is 0 Å². The maximum atomic E-state index is 14.3. The van der Waals surface area contributed by atoms with Crippen molar-refractivity contribution in [1.29, 1.82) is 0 Å². The van der Waals surface area contributed by atoms with Crippen molar-refractivity contribution in [2.75, 3.05) is 62.5 Å². The summed E-state index contributed by atoms with van der Waals surface area (Å²) < 4.78 is 25.8. The Bertz CT molecular complexity index is 1640. The molecule has 6 rings (SSSR count). The van der Waals surface area contributed by atoms with Gasteiger partial charge in [-0.25, -0.2) is 14.4 Å². The Kier molecular flexibility index (Phi) is 7.96. The molecule has 1 fully saturated rings. The Balaban J connectivity index is 1.29. The highest BCUT2D eigenvalue weighted by atomic mass is 19.1. The molecule has 0 aliphatic carbocycles. The number of nitrogens with one attached hydrogen (secondary N) is 2. The third-order valence-corrected chi connectivity index (χ3v) is 7.20. The van der Waals surface area contributed by atoms with E-state index in [1.54, 1.807) is 37.6 Å². The normalized spacial score (nSPS) is 14.9. The number of morpholine rings is 1. The fourth-order valence-corrected chi connectivity index (χ4v) is 5.02. The number of likely N-dealkylation sites (N-methyl/N-ethyl adjacent to an activating group) is 1. The number of hydrogen-bond donors (Lipinski definition) is 2. The highest BCUT2D eigenvalue weighted by Gasteiger charge is 2.21. The number of pyridine rings is 1. The lowest BCUT2D eigenvalue weighted by Gasteiger charge is -2.32. The molecule has 0 saturated carbocycles. The number of ether oxygens (including phenoxy) is 2. The summed E-state index contributed by atoms with van der Waals surface area (Å²) in [5, 5.41) is 6.71.